The molecule has 1 N–H and O–H groups in total. The lowest BCUT2D eigenvalue weighted by Crippen LogP contribution is -2.14. The van der Waals surface area contributed by atoms with E-state index in [9.17, 15) is 8.42 Å². The monoisotopic (exact) mass is 357 g/mol. The minimum absolute atomic E-state index is 0.0106. The van der Waals surface area contributed by atoms with Crippen LogP contribution in [0.25, 0.3) is 0 Å². The second kappa shape index (κ2) is 6.97. The number of nitrogens with one attached hydrogen (secondary N) is 1. The third-order valence-corrected chi connectivity index (χ3v) is 4.78. The Morgan fingerprint density at radius 2 is 1.52 bits per heavy atom. The van der Waals surface area contributed by atoms with Gasteiger partial charge in [0.2, 0.25) is 0 Å². The Kier molecular flexibility index (Phi) is 5.23. The molecule has 0 aliphatic carbocycles. The zero-order valence-electron chi connectivity index (χ0n) is 12.8. The van der Waals surface area contributed by atoms with E-state index in [1.165, 1.54) is 39.5 Å². The molecule has 0 radical (unpaired) electrons. The summed E-state index contributed by atoms with van der Waals surface area (Å²) in [6, 6.07) is 9.22. The Labute approximate surface area is 140 Å². The molecule has 0 bridgehead atoms. The molecule has 0 aliphatic heterocycles. The van der Waals surface area contributed by atoms with Crippen molar-refractivity contribution in [2.24, 2.45) is 0 Å². The Bertz CT molecular complexity index is 808. The zero-order chi connectivity index (χ0) is 17.0. The van der Waals surface area contributed by atoms with Crippen molar-refractivity contribution >= 4 is 27.3 Å². The Morgan fingerprint density at radius 1 is 0.913 bits per heavy atom. The molecule has 0 heterocycles. The van der Waals surface area contributed by atoms with Crippen LogP contribution in [0.1, 0.15) is 0 Å². The van der Waals surface area contributed by atoms with Crippen LogP contribution in [0.5, 0.6) is 17.2 Å². The van der Waals surface area contributed by atoms with E-state index in [1.807, 2.05) is 0 Å². The minimum Gasteiger partial charge on any atom is -0.495 e. The van der Waals surface area contributed by atoms with Gasteiger partial charge in [-0.25, -0.2) is 8.42 Å². The number of sulfonamides is 1. The maximum absolute atomic E-state index is 12.6. The van der Waals surface area contributed by atoms with Crippen molar-refractivity contribution in [3.05, 3.63) is 41.4 Å². The van der Waals surface area contributed by atoms with E-state index < -0.39 is 10.0 Å². The molecular formula is C15H16ClNO5S. The summed E-state index contributed by atoms with van der Waals surface area (Å²) in [6.45, 7) is 0. The SMILES string of the molecule is COc1cc(OC)c(NS(=O)(=O)c2ccccc2OC)cc1Cl. The third kappa shape index (κ3) is 3.62. The number of anilines is 1. The van der Waals surface area contributed by atoms with Crippen LogP contribution < -0.4 is 18.9 Å². The van der Waals surface area contributed by atoms with Gasteiger partial charge in [0.25, 0.3) is 10.0 Å². The third-order valence-electron chi connectivity index (χ3n) is 3.08. The number of benzene rings is 2. The summed E-state index contributed by atoms with van der Waals surface area (Å²) in [4.78, 5) is 0.0106. The van der Waals surface area contributed by atoms with Crippen molar-refractivity contribution in [3.63, 3.8) is 0 Å². The van der Waals surface area contributed by atoms with Gasteiger partial charge < -0.3 is 14.2 Å². The van der Waals surface area contributed by atoms with Crippen LogP contribution in [-0.2, 0) is 10.0 Å². The lowest BCUT2D eigenvalue weighted by molar-refractivity contribution is 0.395. The standard InChI is InChI=1S/C15H16ClNO5S/c1-20-12-6-4-5-7-15(12)23(18,19)17-11-8-10(16)13(21-2)9-14(11)22-3/h4-9,17H,1-3H3. The average Bonchev–Trinajstić information content (AvgIpc) is 2.54. The molecule has 0 aromatic heterocycles. The van der Waals surface area contributed by atoms with Gasteiger partial charge in [-0.1, -0.05) is 23.7 Å². The molecule has 23 heavy (non-hydrogen) atoms. The van der Waals surface area contributed by atoms with Gasteiger partial charge in [0, 0.05) is 6.07 Å². The quantitative estimate of drug-likeness (QED) is 0.859. The fraction of sp³-hybridized carbons (Fsp3) is 0.200. The van der Waals surface area contributed by atoms with Crippen molar-refractivity contribution in [3.8, 4) is 17.2 Å². The normalized spacial score (nSPS) is 11.0. The average molecular weight is 358 g/mol. The first-order valence-corrected chi connectivity index (χ1v) is 8.36. The van der Waals surface area contributed by atoms with Crippen LogP contribution in [0.2, 0.25) is 5.02 Å². The van der Waals surface area contributed by atoms with Gasteiger partial charge in [-0.05, 0) is 18.2 Å². The molecule has 2 aromatic rings. The molecule has 0 amide bonds. The highest BCUT2D eigenvalue weighted by Crippen LogP contribution is 2.37. The first-order valence-electron chi connectivity index (χ1n) is 6.50. The summed E-state index contributed by atoms with van der Waals surface area (Å²) in [6.07, 6.45) is 0. The van der Waals surface area contributed by atoms with Crippen molar-refractivity contribution in [2.75, 3.05) is 26.1 Å². The van der Waals surface area contributed by atoms with Crippen LogP contribution in [0.4, 0.5) is 5.69 Å². The Hall–Kier alpha value is -2.12. The molecule has 6 nitrogen and oxygen atoms in total. The molecule has 0 fully saturated rings. The summed E-state index contributed by atoms with van der Waals surface area (Å²) in [5.41, 5.74) is 0.198. The lowest BCUT2D eigenvalue weighted by atomic mass is 10.3. The van der Waals surface area contributed by atoms with E-state index in [4.69, 9.17) is 25.8 Å². The van der Waals surface area contributed by atoms with Crippen molar-refractivity contribution in [1.29, 1.82) is 0 Å². The van der Waals surface area contributed by atoms with Crippen molar-refractivity contribution in [2.45, 2.75) is 4.90 Å². The summed E-state index contributed by atoms with van der Waals surface area (Å²) in [7, 11) is 0.400. The highest BCUT2D eigenvalue weighted by molar-refractivity contribution is 7.92. The second-order valence-electron chi connectivity index (χ2n) is 4.44. The molecule has 0 unspecified atom stereocenters. The van der Waals surface area contributed by atoms with Crippen LogP contribution in [0, 0.1) is 0 Å². The largest absolute Gasteiger partial charge is 0.495 e. The highest BCUT2D eigenvalue weighted by atomic mass is 35.5. The van der Waals surface area contributed by atoms with E-state index in [-0.39, 0.29) is 27.1 Å². The molecule has 2 aromatic carbocycles. The number of para-hydroxylation sites is 1. The highest BCUT2D eigenvalue weighted by Gasteiger charge is 2.21. The minimum atomic E-state index is -3.88. The molecule has 0 atom stereocenters. The van der Waals surface area contributed by atoms with Gasteiger partial charge in [0.1, 0.15) is 22.1 Å². The van der Waals surface area contributed by atoms with Gasteiger partial charge >= 0.3 is 0 Å². The summed E-state index contributed by atoms with van der Waals surface area (Å²) in [5, 5.41) is 0.256. The number of rotatable bonds is 6. The maximum Gasteiger partial charge on any atom is 0.265 e. The number of methoxy groups -OCH3 is 3. The molecule has 8 heteroatoms. The van der Waals surface area contributed by atoms with Crippen LogP contribution in [-0.4, -0.2) is 29.7 Å². The number of halogens is 1. The van der Waals surface area contributed by atoms with Gasteiger partial charge in [-0.3, -0.25) is 4.72 Å². The molecule has 0 saturated heterocycles. The van der Waals surface area contributed by atoms with Gasteiger partial charge in [-0.15, -0.1) is 0 Å². The smallest absolute Gasteiger partial charge is 0.265 e. The summed E-state index contributed by atoms with van der Waals surface area (Å²) < 4.78 is 43.0. The van der Waals surface area contributed by atoms with Crippen LogP contribution in [0.3, 0.4) is 0 Å². The van der Waals surface area contributed by atoms with E-state index in [0.29, 0.717) is 5.75 Å². The fourth-order valence-electron chi connectivity index (χ4n) is 1.98. The van der Waals surface area contributed by atoms with Crippen LogP contribution in [0.15, 0.2) is 41.3 Å². The van der Waals surface area contributed by atoms with E-state index >= 15 is 0 Å². The van der Waals surface area contributed by atoms with Gasteiger partial charge in [-0.2, -0.15) is 0 Å². The second-order valence-corrected chi connectivity index (χ2v) is 6.50. The molecule has 2 rings (SSSR count). The predicted octanol–water partition coefficient (Wildman–Crippen LogP) is 3.17. The van der Waals surface area contributed by atoms with E-state index in [2.05, 4.69) is 4.72 Å². The van der Waals surface area contributed by atoms with E-state index in [0.717, 1.165) is 0 Å². The molecule has 0 spiro atoms. The van der Waals surface area contributed by atoms with Crippen LogP contribution >= 0.6 is 11.6 Å². The van der Waals surface area contributed by atoms with Gasteiger partial charge in [0.05, 0.1) is 32.0 Å². The lowest BCUT2D eigenvalue weighted by Gasteiger charge is -2.15. The molecule has 0 aliphatic rings. The molecule has 0 saturated carbocycles. The molecular weight excluding hydrogens is 342 g/mol. The summed E-state index contributed by atoms with van der Waals surface area (Å²) >= 11 is 6.05. The Balaban J connectivity index is 2.47. The molecule has 124 valence electrons. The van der Waals surface area contributed by atoms with Crippen molar-refractivity contribution in [1.82, 2.24) is 0 Å². The van der Waals surface area contributed by atoms with E-state index in [1.54, 1.807) is 18.2 Å². The first kappa shape index (κ1) is 17.2. The van der Waals surface area contributed by atoms with Crippen molar-refractivity contribution < 1.29 is 22.6 Å². The summed E-state index contributed by atoms with van der Waals surface area (Å²) in [5.74, 6) is 0.895. The van der Waals surface area contributed by atoms with Gasteiger partial charge in [0.15, 0.2) is 0 Å². The maximum atomic E-state index is 12.6. The fourth-order valence-corrected chi connectivity index (χ4v) is 3.45. The Morgan fingerprint density at radius 3 is 2.13 bits per heavy atom. The first-order chi connectivity index (χ1) is 10.9. The number of hydrogen-bond acceptors (Lipinski definition) is 5. The topological polar surface area (TPSA) is 73.9 Å². The number of hydrogen-bond donors (Lipinski definition) is 1. The number of ether oxygens (including phenoxy) is 3. The zero-order valence-corrected chi connectivity index (χ0v) is 14.4. The predicted molar refractivity (Wildman–Crippen MR) is 88.4 cm³/mol.